The molecule has 1 saturated carbocycles. The molecule has 1 unspecified atom stereocenters. The Morgan fingerprint density at radius 3 is 2.68 bits per heavy atom. The number of nitrogens with one attached hydrogen (secondary N) is 1. The molecule has 5 rings (SSSR count). The second-order valence-electron chi connectivity index (χ2n) is 6.98. The summed E-state index contributed by atoms with van der Waals surface area (Å²) in [4.78, 5) is 18.3. The summed E-state index contributed by atoms with van der Waals surface area (Å²) in [6.07, 6.45) is 2.53. The van der Waals surface area contributed by atoms with Crippen molar-refractivity contribution < 1.29 is 9.18 Å². The fourth-order valence-electron chi connectivity index (χ4n) is 3.92. The van der Waals surface area contributed by atoms with E-state index in [0.717, 1.165) is 23.9 Å². The molecule has 3 aliphatic rings. The van der Waals surface area contributed by atoms with Crippen molar-refractivity contribution in [3.05, 3.63) is 29.3 Å². The molecule has 1 N–H and O–H groups in total. The molecule has 3 heterocycles. The van der Waals surface area contributed by atoms with Crippen molar-refractivity contribution in [1.29, 1.82) is 0 Å². The van der Waals surface area contributed by atoms with Gasteiger partial charge < -0.3 is 10.2 Å². The van der Waals surface area contributed by atoms with Gasteiger partial charge in [0.25, 0.3) is 0 Å². The van der Waals surface area contributed by atoms with Gasteiger partial charge in [-0.2, -0.15) is 9.37 Å². The zero-order valence-corrected chi connectivity index (χ0v) is 14.8. The number of aromatic nitrogens is 3. The Hall–Kier alpha value is -2.15. The number of hydrogen-bond acceptors (Lipinski definition) is 3. The van der Waals surface area contributed by atoms with Crippen molar-refractivity contribution in [3.8, 4) is 11.4 Å². The third kappa shape index (κ3) is 2.86. The second kappa shape index (κ2) is 5.98. The predicted molar refractivity (Wildman–Crippen MR) is 92.9 cm³/mol. The molecular weight excluding hydrogens is 345 g/mol. The lowest BCUT2D eigenvalue weighted by Crippen LogP contribution is -2.63. The summed E-state index contributed by atoms with van der Waals surface area (Å²) in [6.45, 7) is 2.23. The maximum Gasteiger partial charge on any atom is 0.322 e. The van der Waals surface area contributed by atoms with Gasteiger partial charge in [-0.3, -0.25) is 0 Å². The van der Waals surface area contributed by atoms with Crippen LogP contribution in [0.1, 0.15) is 26.2 Å². The highest BCUT2D eigenvalue weighted by Crippen LogP contribution is 2.41. The molecule has 3 atom stereocenters. The van der Waals surface area contributed by atoms with E-state index in [1.165, 1.54) is 7.05 Å². The molecule has 1 aromatic carbocycles. The topological polar surface area (TPSA) is 63.1 Å². The summed E-state index contributed by atoms with van der Waals surface area (Å²) in [7, 11) is 1.47. The fraction of sp³-hybridized carbons (Fsp3) is 0.471. The minimum absolute atomic E-state index is 0.0958. The molecule has 3 fully saturated rings. The number of rotatable bonds is 2. The Balaban J connectivity index is 1.54. The van der Waals surface area contributed by atoms with Crippen LogP contribution in [0.15, 0.2) is 18.2 Å². The molecule has 2 aromatic rings. The van der Waals surface area contributed by atoms with E-state index >= 15 is 0 Å². The van der Waals surface area contributed by atoms with Crippen molar-refractivity contribution >= 4 is 23.3 Å². The lowest BCUT2D eigenvalue weighted by molar-refractivity contribution is -0.00600. The number of carbonyl (C=O) groups excluding carboxylic acids is 1. The van der Waals surface area contributed by atoms with Crippen LogP contribution >= 0.6 is 11.6 Å². The van der Waals surface area contributed by atoms with E-state index < -0.39 is 6.08 Å². The molecule has 2 bridgehead atoms. The lowest BCUT2D eigenvalue weighted by atomic mass is 9.74. The van der Waals surface area contributed by atoms with E-state index in [-0.39, 0.29) is 11.9 Å². The zero-order valence-electron chi connectivity index (χ0n) is 14.0. The van der Waals surface area contributed by atoms with Gasteiger partial charge in [0.1, 0.15) is 0 Å². The van der Waals surface area contributed by atoms with Gasteiger partial charge in [-0.25, -0.2) is 9.48 Å². The van der Waals surface area contributed by atoms with Crippen molar-refractivity contribution in [2.45, 2.75) is 38.3 Å². The Morgan fingerprint density at radius 2 is 2.04 bits per heavy atom. The van der Waals surface area contributed by atoms with Crippen LogP contribution in [0.3, 0.4) is 0 Å². The summed E-state index contributed by atoms with van der Waals surface area (Å²) in [5, 5.41) is 7.32. The number of amides is 2. The highest BCUT2D eigenvalue weighted by molar-refractivity contribution is 6.33. The lowest BCUT2D eigenvalue weighted by Gasteiger charge is -2.54. The molecule has 2 aliphatic heterocycles. The van der Waals surface area contributed by atoms with Crippen molar-refractivity contribution in [2.24, 2.45) is 13.0 Å². The van der Waals surface area contributed by atoms with Crippen LogP contribution < -0.4 is 5.32 Å². The molecule has 2 amide bonds. The van der Waals surface area contributed by atoms with E-state index in [0.29, 0.717) is 34.3 Å². The molecule has 1 aliphatic carbocycles. The number of nitrogens with zero attached hydrogens (tertiary/aromatic N) is 4. The standard InChI is InChI=1S/C17H19ClFN5O/c1-9-5-11-8-12(6-9)24(11)17(25)20-10-3-4-14(18)13(7-10)15-21-16(19)23(2)22-15/h3-4,7,9,11-12H,5-6,8H2,1-2H3,(H,20,25)/t9?,11-,12+. The molecule has 0 radical (unpaired) electrons. The van der Waals surface area contributed by atoms with Crippen molar-refractivity contribution in [2.75, 3.05) is 5.32 Å². The summed E-state index contributed by atoms with van der Waals surface area (Å²) >= 11 is 6.19. The first-order valence-electron chi connectivity index (χ1n) is 8.38. The monoisotopic (exact) mass is 363 g/mol. The maximum absolute atomic E-state index is 13.5. The van der Waals surface area contributed by atoms with Crippen LogP contribution in [-0.4, -0.2) is 37.8 Å². The minimum atomic E-state index is -0.692. The number of carbonyl (C=O) groups is 1. The Kier molecular flexibility index (Phi) is 3.91. The second-order valence-corrected chi connectivity index (χ2v) is 7.39. The van der Waals surface area contributed by atoms with Crippen LogP contribution in [-0.2, 0) is 7.05 Å². The summed E-state index contributed by atoms with van der Waals surface area (Å²) in [6, 6.07) is 5.63. The number of benzene rings is 1. The Labute approximate surface area is 150 Å². The number of fused-ring (bicyclic) bond motifs is 2. The molecule has 2 saturated heterocycles. The fourth-order valence-corrected chi connectivity index (χ4v) is 4.12. The molecule has 0 spiro atoms. The van der Waals surface area contributed by atoms with E-state index in [1.54, 1.807) is 18.2 Å². The van der Waals surface area contributed by atoms with Crippen molar-refractivity contribution in [3.63, 3.8) is 0 Å². The number of anilines is 1. The number of halogens is 2. The van der Waals surface area contributed by atoms with Crippen LogP contribution in [0.5, 0.6) is 0 Å². The van der Waals surface area contributed by atoms with Crippen molar-refractivity contribution in [1.82, 2.24) is 19.7 Å². The first kappa shape index (κ1) is 16.3. The highest BCUT2D eigenvalue weighted by atomic mass is 35.5. The molecule has 6 nitrogen and oxygen atoms in total. The number of urea groups is 1. The summed E-state index contributed by atoms with van der Waals surface area (Å²) in [5.41, 5.74) is 1.08. The predicted octanol–water partition coefficient (Wildman–Crippen LogP) is 3.68. The first-order chi connectivity index (χ1) is 11.9. The molecular formula is C17H19ClFN5O. The molecule has 132 valence electrons. The van der Waals surface area contributed by atoms with Crippen LogP contribution in [0.4, 0.5) is 14.9 Å². The van der Waals surface area contributed by atoms with E-state index in [4.69, 9.17) is 11.6 Å². The average molecular weight is 364 g/mol. The Bertz CT molecular complexity index is 807. The number of hydrogen-bond donors (Lipinski definition) is 1. The van der Waals surface area contributed by atoms with E-state index in [1.807, 2.05) is 4.90 Å². The first-order valence-corrected chi connectivity index (χ1v) is 8.76. The molecule has 25 heavy (non-hydrogen) atoms. The normalized spacial score (nSPS) is 24.8. The third-order valence-corrected chi connectivity index (χ3v) is 5.41. The average Bonchev–Trinajstić information content (AvgIpc) is 2.87. The summed E-state index contributed by atoms with van der Waals surface area (Å²) in [5.74, 6) is 0.871. The van der Waals surface area contributed by atoms with E-state index in [2.05, 4.69) is 22.3 Å². The summed E-state index contributed by atoms with van der Waals surface area (Å²) < 4.78 is 14.5. The van der Waals surface area contributed by atoms with Gasteiger partial charge in [-0.15, -0.1) is 5.10 Å². The minimum Gasteiger partial charge on any atom is -0.318 e. The van der Waals surface area contributed by atoms with Gasteiger partial charge in [-0.05, 0) is 43.4 Å². The highest BCUT2D eigenvalue weighted by Gasteiger charge is 2.46. The number of piperidine rings is 1. The quantitative estimate of drug-likeness (QED) is 0.885. The van der Waals surface area contributed by atoms with Gasteiger partial charge >= 0.3 is 12.1 Å². The van der Waals surface area contributed by atoms with Gasteiger partial charge in [0, 0.05) is 30.4 Å². The SMILES string of the molecule is CC1C[C@@H]2C[C@H](C1)N2C(=O)Nc1ccc(Cl)c(-c2nc(F)n(C)n2)c1. The van der Waals surface area contributed by atoms with Crippen LogP contribution in [0, 0.1) is 12.0 Å². The zero-order chi connectivity index (χ0) is 17.7. The van der Waals surface area contributed by atoms with Gasteiger partial charge in [-0.1, -0.05) is 18.5 Å². The van der Waals surface area contributed by atoms with Crippen LogP contribution in [0.25, 0.3) is 11.4 Å². The number of aryl methyl sites for hydroxylation is 1. The molecule has 1 aromatic heterocycles. The van der Waals surface area contributed by atoms with E-state index in [9.17, 15) is 9.18 Å². The largest absolute Gasteiger partial charge is 0.322 e. The third-order valence-electron chi connectivity index (χ3n) is 5.08. The smallest absolute Gasteiger partial charge is 0.318 e. The Morgan fingerprint density at radius 1 is 1.32 bits per heavy atom. The van der Waals surface area contributed by atoms with Crippen LogP contribution in [0.2, 0.25) is 5.02 Å². The molecule has 8 heteroatoms. The van der Waals surface area contributed by atoms with Gasteiger partial charge in [0.05, 0.1) is 5.02 Å². The maximum atomic E-state index is 13.5. The van der Waals surface area contributed by atoms with Gasteiger partial charge in [0.15, 0.2) is 5.82 Å². The van der Waals surface area contributed by atoms with Gasteiger partial charge in [0.2, 0.25) is 0 Å².